The zero-order valence-corrected chi connectivity index (χ0v) is 16.8. The van der Waals surface area contributed by atoms with Gasteiger partial charge in [0.1, 0.15) is 6.10 Å². The van der Waals surface area contributed by atoms with Crippen molar-refractivity contribution in [1.82, 2.24) is 0 Å². The van der Waals surface area contributed by atoms with Crippen LogP contribution in [0.4, 0.5) is 0 Å². The van der Waals surface area contributed by atoms with Crippen LogP contribution in [-0.4, -0.2) is 38.0 Å². The minimum absolute atomic E-state index is 0.0848. The van der Waals surface area contributed by atoms with Gasteiger partial charge in [-0.3, -0.25) is 0 Å². The second-order valence-electron chi connectivity index (χ2n) is 8.03. The van der Waals surface area contributed by atoms with Gasteiger partial charge < -0.3 is 18.9 Å². The Balaban J connectivity index is 2.12. The Labute approximate surface area is 148 Å². The Bertz CT molecular complexity index is 384. The minimum atomic E-state index is -0.313. The lowest BCUT2D eigenvalue weighted by atomic mass is 9.78. The van der Waals surface area contributed by atoms with Crippen LogP contribution in [0.5, 0.6) is 0 Å². The third-order valence-corrected chi connectivity index (χ3v) is 6.82. The largest absolute Gasteiger partial charge is 0.353 e. The van der Waals surface area contributed by atoms with E-state index in [0.717, 1.165) is 12.8 Å². The van der Waals surface area contributed by atoms with Gasteiger partial charge in [0.05, 0.1) is 12.2 Å². The van der Waals surface area contributed by atoms with Crippen molar-refractivity contribution < 1.29 is 18.9 Å². The van der Waals surface area contributed by atoms with Gasteiger partial charge in [0.25, 0.3) is 0 Å². The molecule has 0 aromatic rings. The van der Waals surface area contributed by atoms with Crippen LogP contribution in [-0.2, 0) is 18.9 Å². The van der Waals surface area contributed by atoms with E-state index in [0.29, 0.717) is 29.6 Å². The molecule has 0 spiro atoms. The molecule has 2 saturated heterocycles. The SMILES string of the molecule is CCC1O[C@@H](OC2C(C)[C@@H](C)C(CC)O[C@H]2OC)C(C)C(C)[C@H]1C. The zero-order valence-electron chi connectivity index (χ0n) is 16.8. The lowest BCUT2D eigenvalue weighted by molar-refractivity contribution is -0.333. The number of methoxy groups -OCH3 is 1. The Hall–Kier alpha value is -0.160. The fourth-order valence-electron chi connectivity index (χ4n) is 4.37. The second kappa shape index (κ2) is 8.48. The molecule has 2 rings (SSSR count). The fourth-order valence-corrected chi connectivity index (χ4v) is 4.37. The van der Waals surface area contributed by atoms with Crippen molar-refractivity contribution >= 4 is 0 Å². The quantitative estimate of drug-likeness (QED) is 0.739. The summed E-state index contributed by atoms with van der Waals surface area (Å²) in [7, 11) is 1.71. The Morgan fingerprint density at radius 1 is 0.667 bits per heavy atom. The summed E-state index contributed by atoms with van der Waals surface area (Å²) in [5.74, 6) is 2.33. The molecular formula is C20H38O4. The maximum atomic E-state index is 6.50. The molecule has 2 aliphatic rings. The first-order valence-electron chi connectivity index (χ1n) is 9.84. The average Bonchev–Trinajstić information content (AvgIpc) is 2.59. The predicted octanol–water partition coefficient (Wildman–Crippen LogP) is 4.47. The standard InChI is InChI=1S/C20H38O4/c1-9-16-12(4)11(3)15(7)19(22-16)24-18-14(6)13(5)17(10-2)23-20(18)21-8/h11-20H,9-10H2,1-8H3/t11?,12-,13-,14?,15?,16?,17?,18?,19+,20-/m1/s1. The number of rotatable bonds is 5. The van der Waals surface area contributed by atoms with Crippen LogP contribution in [0.25, 0.3) is 0 Å². The summed E-state index contributed by atoms with van der Waals surface area (Å²) in [5.41, 5.74) is 0. The molecule has 0 aliphatic carbocycles. The summed E-state index contributed by atoms with van der Waals surface area (Å²) < 4.78 is 24.6. The van der Waals surface area contributed by atoms with Crippen LogP contribution < -0.4 is 0 Å². The highest BCUT2D eigenvalue weighted by Crippen LogP contribution is 2.40. The van der Waals surface area contributed by atoms with E-state index in [1.165, 1.54) is 0 Å². The third kappa shape index (κ3) is 3.82. The maximum Gasteiger partial charge on any atom is 0.184 e. The van der Waals surface area contributed by atoms with Crippen LogP contribution in [0, 0.1) is 29.6 Å². The van der Waals surface area contributed by atoms with E-state index in [-0.39, 0.29) is 30.9 Å². The van der Waals surface area contributed by atoms with E-state index in [4.69, 9.17) is 18.9 Å². The van der Waals surface area contributed by atoms with Crippen LogP contribution in [0.2, 0.25) is 0 Å². The monoisotopic (exact) mass is 342 g/mol. The molecular weight excluding hydrogens is 304 g/mol. The van der Waals surface area contributed by atoms with E-state index in [2.05, 4.69) is 48.5 Å². The molecule has 2 heterocycles. The summed E-state index contributed by atoms with van der Waals surface area (Å²) in [4.78, 5) is 0. The average molecular weight is 343 g/mol. The molecule has 10 atom stereocenters. The summed E-state index contributed by atoms with van der Waals surface area (Å²) >= 11 is 0. The van der Waals surface area contributed by atoms with Crippen molar-refractivity contribution in [2.75, 3.05) is 7.11 Å². The molecule has 0 radical (unpaired) electrons. The topological polar surface area (TPSA) is 36.9 Å². The second-order valence-corrected chi connectivity index (χ2v) is 8.03. The van der Waals surface area contributed by atoms with Crippen LogP contribution in [0.3, 0.4) is 0 Å². The molecule has 0 amide bonds. The minimum Gasteiger partial charge on any atom is -0.353 e. The molecule has 0 saturated carbocycles. The molecule has 142 valence electrons. The third-order valence-electron chi connectivity index (χ3n) is 6.82. The van der Waals surface area contributed by atoms with Crippen molar-refractivity contribution in [2.45, 2.75) is 92.2 Å². The molecule has 0 bridgehead atoms. The molecule has 4 nitrogen and oxygen atoms in total. The first-order valence-corrected chi connectivity index (χ1v) is 9.84. The van der Waals surface area contributed by atoms with Crippen molar-refractivity contribution in [2.24, 2.45) is 29.6 Å². The summed E-state index contributed by atoms with van der Waals surface area (Å²) in [6.45, 7) is 15.7. The molecule has 0 aromatic carbocycles. The van der Waals surface area contributed by atoms with Crippen molar-refractivity contribution in [1.29, 1.82) is 0 Å². The van der Waals surface area contributed by atoms with Crippen LogP contribution >= 0.6 is 0 Å². The van der Waals surface area contributed by atoms with E-state index in [1.54, 1.807) is 7.11 Å². The first kappa shape index (κ1) is 20.2. The van der Waals surface area contributed by atoms with Crippen LogP contribution in [0.15, 0.2) is 0 Å². The van der Waals surface area contributed by atoms with Crippen LogP contribution in [0.1, 0.15) is 61.3 Å². The molecule has 24 heavy (non-hydrogen) atoms. The molecule has 2 fully saturated rings. The van der Waals surface area contributed by atoms with Gasteiger partial charge in [-0.25, -0.2) is 0 Å². The molecule has 6 unspecified atom stereocenters. The Morgan fingerprint density at radius 3 is 1.67 bits per heavy atom. The van der Waals surface area contributed by atoms with E-state index < -0.39 is 0 Å². The molecule has 0 aromatic heterocycles. The zero-order chi connectivity index (χ0) is 18.0. The lowest BCUT2D eigenvalue weighted by Gasteiger charge is -2.48. The Morgan fingerprint density at radius 2 is 1.17 bits per heavy atom. The van der Waals surface area contributed by atoms with Crippen molar-refractivity contribution in [3.8, 4) is 0 Å². The van der Waals surface area contributed by atoms with Gasteiger partial charge in [-0.05, 0) is 36.5 Å². The summed E-state index contributed by atoms with van der Waals surface area (Å²) in [5, 5.41) is 0. The Kier molecular flexibility index (Phi) is 7.12. The molecule has 0 N–H and O–H groups in total. The van der Waals surface area contributed by atoms with Crippen molar-refractivity contribution in [3.63, 3.8) is 0 Å². The number of hydrogen-bond donors (Lipinski definition) is 0. The highest BCUT2D eigenvalue weighted by molar-refractivity contribution is 4.88. The van der Waals surface area contributed by atoms with E-state index >= 15 is 0 Å². The van der Waals surface area contributed by atoms with Gasteiger partial charge in [-0.15, -0.1) is 0 Å². The number of hydrogen-bond acceptors (Lipinski definition) is 4. The van der Waals surface area contributed by atoms with Crippen molar-refractivity contribution in [3.05, 3.63) is 0 Å². The van der Waals surface area contributed by atoms with Gasteiger partial charge in [-0.2, -0.15) is 0 Å². The number of ether oxygens (including phenoxy) is 4. The van der Waals surface area contributed by atoms with Gasteiger partial charge in [0.2, 0.25) is 0 Å². The fraction of sp³-hybridized carbons (Fsp3) is 1.00. The smallest absolute Gasteiger partial charge is 0.184 e. The van der Waals surface area contributed by atoms with Gasteiger partial charge >= 0.3 is 0 Å². The highest BCUT2D eigenvalue weighted by Gasteiger charge is 2.46. The molecule has 4 heteroatoms. The highest BCUT2D eigenvalue weighted by atomic mass is 16.7. The summed E-state index contributed by atoms with van der Waals surface area (Å²) in [6.07, 6.45) is 1.95. The predicted molar refractivity (Wildman–Crippen MR) is 95.6 cm³/mol. The summed E-state index contributed by atoms with van der Waals surface area (Å²) in [6, 6.07) is 0. The molecule has 2 aliphatic heterocycles. The lowest BCUT2D eigenvalue weighted by Crippen LogP contribution is -2.55. The van der Waals surface area contributed by atoms with Gasteiger partial charge in [0, 0.05) is 13.0 Å². The van der Waals surface area contributed by atoms with Gasteiger partial charge in [-0.1, -0.05) is 48.5 Å². The maximum absolute atomic E-state index is 6.50. The van der Waals surface area contributed by atoms with E-state index in [9.17, 15) is 0 Å². The van der Waals surface area contributed by atoms with Gasteiger partial charge in [0.15, 0.2) is 12.6 Å². The van der Waals surface area contributed by atoms with E-state index in [1.807, 2.05) is 0 Å². The normalized spacial score (nSPS) is 50.0. The first-order chi connectivity index (χ1) is 11.3.